The van der Waals surface area contributed by atoms with Gasteiger partial charge in [0.2, 0.25) is 12.3 Å². The fraction of sp³-hybridized carbons (Fsp3) is 0.143. The monoisotopic (exact) mass is 563 g/mol. The zero-order valence-corrected chi connectivity index (χ0v) is 23.6. The van der Waals surface area contributed by atoms with Crippen molar-refractivity contribution < 1.29 is 9.09 Å². The van der Waals surface area contributed by atoms with E-state index in [1.165, 1.54) is 20.5 Å². The summed E-state index contributed by atoms with van der Waals surface area (Å²) in [5.41, 5.74) is 4.10. The number of hydrogen-bond acceptors (Lipinski definition) is 7. The highest BCUT2D eigenvalue weighted by atomic mass is 35.5. The molecule has 186 valence electrons. The van der Waals surface area contributed by atoms with E-state index >= 15 is 0 Å². The first-order valence-corrected chi connectivity index (χ1v) is 14.7. The van der Waals surface area contributed by atoms with E-state index in [4.69, 9.17) is 16.1 Å². The largest absolute Gasteiger partial charge is 0.354 e. The number of fused-ring (bicyclic) bond motifs is 1. The molecule has 0 spiro atoms. The van der Waals surface area contributed by atoms with Gasteiger partial charge in [-0.3, -0.25) is 0 Å². The van der Waals surface area contributed by atoms with E-state index in [0.29, 0.717) is 6.54 Å². The highest BCUT2D eigenvalue weighted by molar-refractivity contribution is 8.09. The van der Waals surface area contributed by atoms with Crippen LogP contribution in [0.1, 0.15) is 17.7 Å². The molecule has 0 radical (unpaired) electrons. The van der Waals surface area contributed by atoms with Crippen LogP contribution in [-0.4, -0.2) is 23.6 Å². The van der Waals surface area contributed by atoms with Gasteiger partial charge in [-0.25, -0.2) is 0 Å². The summed E-state index contributed by atoms with van der Waals surface area (Å²) in [7, 11) is 2.11. The summed E-state index contributed by atoms with van der Waals surface area (Å²) < 4.78 is 7.87. The molecule has 0 saturated carbocycles. The summed E-state index contributed by atoms with van der Waals surface area (Å²) in [6.07, 6.45) is 4.34. The van der Waals surface area contributed by atoms with Crippen molar-refractivity contribution in [3.63, 3.8) is 0 Å². The van der Waals surface area contributed by atoms with E-state index in [1.54, 1.807) is 34.9 Å². The SMILES string of the molecule is C=C1/C(=C2\Sc3cc(Cl)ccc3N2C)S/C(=C\c2scc[n+]2Cc2cc(-c3ccccc3)no2)N1CC. The summed E-state index contributed by atoms with van der Waals surface area (Å²) in [6.45, 7) is 8.08. The van der Waals surface area contributed by atoms with Crippen molar-refractivity contribution in [2.45, 2.75) is 18.4 Å². The van der Waals surface area contributed by atoms with Crippen LogP contribution in [0.25, 0.3) is 17.3 Å². The highest BCUT2D eigenvalue weighted by Gasteiger charge is 2.34. The minimum Gasteiger partial charge on any atom is -0.354 e. The lowest BCUT2D eigenvalue weighted by atomic mass is 10.1. The van der Waals surface area contributed by atoms with Gasteiger partial charge in [-0.2, -0.15) is 4.57 Å². The van der Waals surface area contributed by atoms with Crippen molar-refractivity contribution in [3.8, 4) is 11.3 Å². The molecule has 37 heavy (non-hydrogen) atoms. The lowest BCUT2D eigenvalue weighted by molar-refractivity contribution is -0.686. The predicted octanol–water partition coefficient (Wildman–Crippen LogP) is 7.68. The molecule has 0 atom stereocenters. The Hall–Kier alpha value is -2.91. The zero-order valence-electron chi connectivity index (χ0n) is 20.3. The molecule has 4 heterocycles. The maximum absolute atomic E-state index is 6.26. The fourth-order valence-corrected chi connectivity index (χ4v) is 8.07. The van der Waals surface area contributed by atoms with Crippen LogP contribution in [0.3, 0.4) is 0 Å². The van der Waals surface area contributed by atoms with Gasteiger partial charge in [-0.05, 0) is 25.1 Å². The summed E-state index contributed by atoms with van der Waals surface area (Å²) in [4.78, 5) is 6.87. The van der Waals surface area contributed by atoms with Gasteiger partial charge in [0.1, 0.15) is 5.69 Å². The third kappa shape index (κ3) is 4.63. The molecule has 0 N–H and O–H groups in total. The molecule has 5 nitrogen and oxygen atoms in total. The fourth-order valence-electron chi connectivity index (χ4n) is 4.39. The normalized spacial score (nSPS) is 18.4. The molecule has 9 heteroatoms. The van der Waals surface area contributed by atoms with E-state index in [-0.39, 0.29) is 0 Å². The van der Waals surface area contributed by atoms with Crippen molar-refractivity contribution in [1.82, 2.24) is 10.1 Å². The topological polar surface area (TPSA) is 36.4 Å². The minimum absolute atomic E-state index is 0.614. The van der Waals surface area contributed by atoms with Crippen LogP contribution >= 0.6 is 46.5 Å². The second-order valence-electron chi connectivity index (χ2n) is 8.60. The summed E-state index contributed by atoms with van der Waals surface area (Å²) in [6, 6.07) is 18.2. The van der Waals surface area contributed by atoms with Gasteiger partial charge in [0, 0.05) is 35.1 Å². The number of halogens is 1. The van der Waals surface area contributed by atoms with Gasteiger partial charge in [0.15, 0.2) is 6.20 Å². The Kier molecular flexibility index (Phi) is 6.67. The molecule has 0 aliphatic carbocycles. The lowest BCUT2D eigenvalue weighted by Gasteiger charge is -2.18. The van der Waals surface area contributed by atoms with Crippen molar-refractivity contribution in [2.75, 3.05) is 18.5 Å². The van der Waals surface area contributed by atoms with E-state index in [9.17, 15) is 0 Å². The molecule has 0 unspecified atom stereocenters. The van der Waals surface area contributed by atoms with E-state index < -0.39 is 0 Å². The van der Waals surface area contributed by atoms with Crippen molar-refractivity contribution in [2.24, 2.45) is 0 Å². The summed E-state index contributed by atoms with van der Waals surface area (Å²) in [5.74, 6) is 0.820. The van der Waals surface area contributed by atoms with Crippen molar-refractivity contribution >= 4 is 58.2 Å². The molecule has 4 aromatic rings. The van der Waals surface area contributed by atoms with Crippen LogP contribution in [0, 0.1) is 0 Å². The molecular formula is C28H24ClN4OS3+. The smallest absolute Gasteiger partial charge is 0.264 e. The van der Waals surface area contributed by atoms with Crippen LogP contribution in [0.5, 0.6) is 0 Å². The lowest BCUT2D eigenvalue weighted by Crippen LogP contribution is -2.34. The molecule has 2 aromatic heterocycles. The summed E-state index contributed by atoms with van der Waals surface area (Å²) in [5, 5.41) is 10.6. The Bertz CT molecular complexity index is 1560. The van der Waals surface area contributed by atoms with Crippen LogP contribution in [0.4, 0.5) is 5.69 Å². The zero-order chi connectivity index (χ0) is 25.5. The first-order valence-electron chi connectivity index (χ1n) is 11.8. The number of anilines is 1. The number of hydrogen-bond donors (Lipinski definition) is 0. The molecule has 1 saturated heterocycles. The molecule has 2 aliphatic heterocycles. The average molecular weight is 564 g/mol. The second-order valence-corrected chi connectivity index (χ2v) is 12.0. The molecule has 2 aromatic carbocycles. The van der Waals surface area contributed by atoms with E-state index in [0.717, 1.165) is 44.3 Å². The van der Waals surface area contributed by atoms with E-state index in [1.807, 2.05) is 48.5 Å². The number of thiazole rings is 1. The minimum atomic E-state index is 0.614. The van der Waals surface area contributed by atoms with Crippen LogP contribution in [0.2, 0.25) is 5.02 Å². The van der Waals surface area contributed by atoms with Gasteiger partial charge in [0.25, 0.3) is 5.01 Å². The van der Waals surface area contributed by atoms with Gasteiger partial charge < -0.3 is 14.3 Å². The quantitative estimate of drug-likeness (QED) is 0.232. The number of thioether (sulfide) groups is 2. The number of benzene rings is 2. The first kappa shape index (κ1) is 24.4. The van der Waals surface area contributed by atoms with Crippen molar-refractivity contribution in [3.05, 3.63) is 109 Å². The van der Waals surface area contributed by atoms with Gasteiger partial charge in [0.05, 0.1) is 37.8 Å². The maximum atomic E-state index is 6.26. The van der Waals surface area contributed by atoms with Gasteiger partial charge >= 0.3 is 0 Å². The molecule has 2 aliphatic rings. The molecular weight excluding hydrogens is 540 g/mol. The third-order valence-electron chi connectivity index (χ3n) is 6.28. The second kappa shape index (κ2) is 10.1. The Labute approximate surface area is 233 Å². The maximum Gasteiger partial charge on any atom is 0.264 e. The number of rotatable bonds is 5. The van der Waals surface area contributed by atoms with Crippen molar-refractivity contribution in [1.29, 1.82) is 0 Å². The molecule has 0 bridgehead atoms. The number of nitrogens with zero attached hydrogens (tertiary/aromatic N) is 4. The van der Waals surface area contributed by atoms with Gasteiger partial charge in [-0.1, -0.05) is 88.5 Å². The number of aromatic nitrogens is 2. The summed E-state index contributed by atoms with van der Waals surface area (Å²) >= 11 is 11.5. The van der Waals surface area contributed by atoms with Crippen LogP contribution < -0.4 is 9.47 Å². The highest BCUT2D eigenvalue weighted by Crippen LogP contribution is 2.54. The molecule has 0 amide bonds. The predicted molar refractivity (Wildman–Crippen MR) is 155 cm³/mol. The van der Waals surface area contributed by atoms with Gasteiger partial charge in [-0.15, -0.1) is 0 Å². The van der Waals surface area contributed by atoms with Crippen LogP contribution in [-0.2, 0) is 6.54 Å². The van der Waals surface area contributed by atoms with Crippen LogP contribution in [0.15, 0.2) is 103 Å². The first-order chi connectivity index (χ1) is 18.0. The Morgan fingerprint density at radius 1 is 1.14 bits per heavy atom. The molecule has 6 rings (SSSR count). The average Bonchev–Trinajstić information content (AvgIpc) is 3.68. The standard InChI is InChI=1S/C28H24ClN4OS3/c1-4-33-18(2)27(28-31(3)23-11-10-20(29)14-24(23)36-28)37-26(33)16-25-32(12-13-35-25)17-21-15-22(30-34-21)19-8-6-5-7-9-19/h5-16H,2,4,17H2,1,3H3/q+1/b28-27+. The Morgan fingerprint density at radius 2 is 1.97 bits per heavy atom. The number of likely N-dealkylation sites (N-methyl/N-ethyl adjacent to an activating group) is 1. The third-order valence-corrected chi connectivity index (χ3v) is 9.89. The Morgan fingerprint density at radius 3 is 2.78 bits per heavy atom. The molecule has 1 fully saturated rings. The van der Waals surface area contributed by atoms with E-state index in [2.05, 4.69) is 63.8 Å². The Balaban J connectivity index is 1.27.